The number of ether oxygens (including phenoxy) is 1. The minimum Gasteiger partial charge on any atom is -0.497 e. The molecule has 0 amide bonds. The Balaban J connectivity index is 1.69. The van der Waals surface area contributed by atoms with E-state index >= 15 is 0 Å². The molecule has 0 aliphatic carbocycles. The molecule has 1 N–H and O–H groups in total. The minimum absolute atomic E-state index is 0.282. The van der Waals surface area contributed by atoms with Gasteiger partial charge in [-0.3, -0.25) is 4.90 Å². The Bertz CT molecular complexity index is 642. The number of hydrogen-bond acceptors (Lipinski definition) is 6. The summed E-state index contributed by atoms with van der Waals surface area (Å²) < 4.78 is 10.6. The predicted molar refractivity (Wildman–Crippen MR) is 86.0 cm³/mol. The number of benzene rings is 1. The quantitative estimate of drug-likeness (QED) is 0.882. The van der Waals surface area contributed by atoms with Crippen molar-refractivity contribution in [3.05, 3.63) is 30.2 Å². The van der Waals surface area contributed by atoms with Crippen molar-refractivity contribution in [2.75, 3.05) is 13.7 Å². The van der Waals surface area contributed by atoms with Crippen LogP contribution in [-0.4, -0.2) is 45.9 Å². The monoisotopic (exact) mass is 317 g/mol. The Hall–Kier alpha value is -1.92. The number of likely N-dealkylation sites (tertiary alicyclic amines) is 1. The molecule has 0 radical (unpaired) electrons. The zero-order valence-corrected chi connectivity index (χ0v) is 13.6. The van der Waals surface area contributed by atoms with Crippen LogP contribution in [0, 0.1) is 0 Å². The summed E-state index contributed by atoms with van der Waals surface area (Å²) in [6.07, 6.45) is 2.77. The van der Waals surface area contributed by atoms with Gasteiger partial charge in [0, 0.05) is 11.6 Å². The normalized spacial score (nSPS) is 19.9. The molecule has 3 rings (SSSR count). The van der Waals surface area contributed by atoms with Crippen molar-refractivity contribution in [3.8, 4) is 17.1 Å². The fourth-order valence-electron chi connectivity index (χ4n) is 3.14. The summed E-state index contributed by atoms with van der Waals surface area (Å²) in [6, 6.07) is 8.00. The first kappa shape index (κ1) is 16.0. The van der Waals surface area contributed by atoms with Crippen LogP contribution in [0.4, 0.5) is 0 Å². The molecule has 1 aromatic carbocycles. The smallest absolute Gasteiger partial charge is 0.241 e. The van der Waals surface area contributed by atoms with Crippen LogP contribution in [-0.2, 0) is 6.54 Å². The molecule has 1 aliphatic heterocycles. The van der Waals surface area contributed by atoms with Crippen molar-refractivity contribution in [3.63, 3.8) is 0 Å². The van der Waals surface area contributed by atoms with Crippen LogP contribution in [0.2, 0.25) is 0 Å². The van der Waals surface area contributed by atoms with E-state index in [1.807, 2.05) is 31.2 Å². The van der Waals surface area contributed by atoms with Crippen LogP contribution in [0.1, 0.15) is 32.1 Å². The molecule has 1 aromatic heterocycles. The van der Waals surface area contributed by atoms with Crippen LogP contribution in [0.25, 0.3) is 11.4 Å². The number of hydrogen-bond donors (Lipinski definition) is 1. The minimum atomic E-state index is -0.282. The van der Waals surface area contributed by atoms with Gasteiger partial charge in [0.15, 0.2) is 0 Å². The van der Waals surface area contributed by atoms with E-state index in [1.54, 1.807) is 7.11 Å². The second-order valence-electron chi connectivity index (χ2n) is 6.09. The highest BCUT2D eigenvalue weighted by atomic mass is 16.5. The van der Waals surface area contributed by atoms with Crippen molar-refractivity contribution in [2.24, 2.45) is 0 Å². The van der Waals surface area contributed by atoms with Crippen LogP contribution < -0.4 is 4.74 Å². The first-order chi connectivity index (χ1) is 11.2. The lowest BCUT2D eigenvalue weighted by molar-refractivity contribution is 0.124. The molecular formula is C17H23N3O3. The lowest BCUT2D eigenvalue weighted by atomic mass is 10.1. The van der Waals surface area contributed by atoms with E-state index in [-0.39, 0.29) is 6.10 Å². The van der Waals surface area contributed by atoms with Gasteiger partial charge in [-0.15, -0.1) is 0 Å². The van der Waals surface area contributed by atoms with Gasteiger partial charge in [0.25, 0.3) is 0 Å². The van der Waals surface area contributed by atoms with Gasteiger partial charge in [-0.25, -0.2) is 0 Å². The number of nitrogens with zero attached hydrogens (tertiary/aromatic N) is 3. The van der Waals surface area contributed by atoms with Crippen molar-refractivity contribution in [1.82, 2.24) is 15.0 Å². The third-order valence-electron chi connectivity index (χ3n) is 4.25. The highest BCUT2D eigenvalue weighted by molar-refractivity contribution is 5.56. The molecular weight excluding hydrogens is 294 g/mol. The zero-order chi connectivity index (χ0) is 16.2. The van der Waals surface area contributed by atoms with E-state index in [4.69, 9.17) is 9.26 Å². The van der Waals surface area contributed by atoms with Gasteiger partial charge in [-0.2, -0.15) is 4.98 Å². The summed E-state index contributed by atoms with van der Waals surface area (Å²) in [6.45, 7) is 3.48. The number of aliphatic hydroxyl groups excluding tert-OH is 1. The van der Waals surface area contributed by atoms with E-state index in [0.29, 0.717) is 24.3 Å². The zero-order valence-electron chi connectivity index (χ0n) is 13.6. The molecule has 124 valence electrons. The maximum Gasteiger partial charge on any atom is 0.241 e. The third-order valence-corrected chi connectivity index (χ3v) is 4.25. The van der Waals surface area contributed by atoms with E-state index < -0.39 is 0 Å². The Morgan fingerprint density at radius 1 is 1.48 bits per heavy atom. The van der Waals surface area contributed by atoms with Gasteiger partial charge >= 0.3 is 0 Å². The van der Waals surface area contributed by atoms with Gasteiger partial charge in [0.05, 0.1) is 19.8 Å². The summed E-state index contributed by atoms with van der Waals surface area (Å²) in [4.78, 5) is 6.81. The topological polar surface area (TPSA) is 71.6 Å². The molecule has 23 heavy (non-hydrogen) atoms. The Labute approximate surface area is 136 Å². The molecule has 1 aliphatic rings. The van der Waals surface area contributed by atoms with E-state index in [2.05, 4.69) is 15.0 Å². The molecule has 2 heterocycles. The van der Waals surface area contributed by atoms with Crippen LogP contribution >= 0.6 is 0 Å². The Morgan fingerprint density at radius 3 is 3.13 bits per heavy atom. The highest BCUT2D eigenvalue weighted by Crippen LogP contribution is 2.25. The summed E-state index contributed by atoms with van der Waals surface area (Å²) in [5.74, 6) is 1.95. The maximum atomic E-state index is 9.61. The molecule has 2 unspecified atom stereocenters. The van der Waals surface area contributed by atoms with Crippen molar-refractivity contribution >= 4 is 0 Å². The van der Waals surface area contributed by atoms with Gasteiger partial charge in [-0.1, -0.05) is 17.3 Å². The van der Waals surface area contributed by atoms with Gasteiger partial charge in [-0.05, 0) is 44.9 Å². The summed E-state index contributed by atoms with van der Waals surface area (Å²) in [7, 11) is 1.64. The summed E-state index contributed by atoms with van der Waals surface area (Å²) in [5, 5.41) is 13.7. The number of methoxy groups -OCH3 is 1. The van der Waals surface area contributed by atoms with Gasteiger partial charge < -0.3 is 14.4 Å². The van der Waals surface area contributed by atoms with Crippen molar-refractivity contribution < 1.29 is 14.4 Å². The predicted octanol–water partition coefficient (Wildman–Crippen LogP) is 2.48. The molecule has 0 spiro atoms. The molecule has 2 aromatic rings. The molecule has 0 saturated carbocycles. The lowest BCUT2D eigenvalue weighted by Crippen LogP contribution is -2.31. The second kappa shape index (κ2) is 7.10. The first-order valence-electron chi connectivity index (χ1n) is 8.05. The molecule has 6 heteroatoms. The number of aliphatic hydroxyl groups is 1. The largest absolute Gasteiger partial charge is 0.497 e. The number of rotatable bonds is 6. The second-order valence-corrected chi connectivity index (χ2v) is 6.09. The summed E-state index contributed by atoms with van der Waals surface area (Å²) in [5.41, 5.74) is 0.876. The third kappa shape index (κ3) is 3.89. The maximum absolute atomic E-state index is 9.61. The molecule has 6 nitrogen and oxygen atoms in total. The molecule has 1 fully saturated rings. The average molecular weight is 317 g/mol. The lowest BCUT2D eigenvalue weighted by Gasteiger charge is -2.23. The SMILES string of the molecule is COc1cccc(-c2noc(CN3CCCC3CC(C)O)n2)c1. The van der Waals surface area contributed by atoms with Crippen LogP contribution in [0.15, 0.2) is 28.8 Å². The average Bonchev–Trinajstić information content (AvgIpc) is 3.17. The molecule has 0 bridgehead atoms. The summed E-state index contributed by atoms with van der Waals surface area (Å²) >= 11 is 0. The van der Waals surface area contributed by atoms with Gasteiger partial charge in [0.2, 0.25) is 11.7 Å². The molecule has 1 saturated heterocycles. The standard InChI is InChI=1S/C17H23N3O3/c1-12(21)9-14-6-4-8-20(14)11-16-18-17(19-23-16)13-5-3-7-15(10-13)22-2/h3,5,7,10,12,14,21H,4,6,8-9,11H2,1-2H3. The highest BCUT2D eigenvalue weighted by Gasteiger charge is 2.27. The van der Waals surface area contributed by atoms with E-state index in [0.717, 1.165) is 37.1 Å². The van der Waals surface area contributed by atoms with Crippen molar-refractivity contribution in [1.29, 1.82) is 0 Å². The van der Waals surface area contributed by atoms with E-state index in [1.165, 1.54) is 0 Å². The Kier molecular flexibility index (Phi) is 4.93. The fourth-order valence-corrected chi connectivity index (χ4v) is 3.14. The van der Waals surface area contributed by atoms with E-state index in [9.17, 15) is 5.11 Å². The molecule has 2 atom stereocenters. The van der Waals surface area contributed by atoms with Crippen LogP contribution in [0.3, 0.4) is 0 Å². The first-order valence-corrected chi connectivity index (χ1v) is 8.05. The fraction of sp³-hybridized carbons (Fsp3) is 0.529. The van der Waals surface area contributed by atoms with Crippen molar-refractivity contribution in [2.45, 2.75) is 44.9 Å². The van der Waals surface area contributed by atoms with Crippen LogP contribution in [0.5, 0.6) is 5.75 Å². The van der Waals surface area contributed by atoms with Gasteiger partial charge in [0.1, 0.15) is 5.75 Å². The number of aromatic nitrogens is 2. The Morgan fingerprint density at radius 2 is 2.35 bits per heavy atom.